The van der Waals surface area contributed by atoms with Crippen LogP contribution < -0.4 is 5.73 Å². The minimum atomic E-state index is -3.04. The fraction of sp³-hybridized carbons (Fsp3) is 1.00. The van der Waals surface area contributed by atoms with Crippen molar-refractivity contribution in [3.05, 3.63) is 0 Å². The van der Waals surface area contributed by atoms with Gasteiger partial charge in [-0.15, -0.1) is 0 Å². The molecular formula is C11H23N3O2S2. The molecule has 18 heavy (non-hydrogen) atoms. The molecule has 2 N–H and O–H groups in total. The van der Waals surface area contributed by atoms with Gasteiger partial charge in [0.25, 0.3) is 0 Å². The van der Waals surface area contributed by atoms with Crippen molar-refractivity contribution in [2.45, 2.75) is 24.1 Å². The second-order valence-corrected chi connectivity index (χ2v) is 8.65. The van der Waals surface area contributed by atoms with Crippen LogP contribution in [0.5, 0.6) is 0 Å². The zero-order valence-electron chi connectivity index (χ0n) is 11.1. The molecule has 7 heteroatoms. The largest absolute Gasteiger partial charge is 0.329 e. The van der Waals surface area contributed by atoms with E-state index in [1.54, 1.807) is 4.31 Å². The number of hydrogen-bond acceptors (Lipinski definition) is 5. The molecule has 2 atom stereocenters. The molecule has 0 radical (unpaired) electrons. The van der Waals surface area contributed by atoms with E-state index in [-0.39, 0.29) is 5.54 Å². The monoisotopic (exact) mass is 293 g/mol. The van der Waals surface area contributed by atoms with E-state index in [1.807, 2.05) is 11.8 Å². The number of thioether (sulfide) groups is 1. The van der Waals surface area contributed by atoms with Gasteiger partial charge in [-0.2, -0.15) is 16.1 Å². The number of nitrogens with zero attached hydrogens (tertiary/aromatic N) is 2. The molecule has 0 aromatic heterocycles. The minimum absolute atomic E-state index is 0.0776. The van der Waals surface area contributed by atoms with Crippen LogP contribution in [0, 0.1) is 0 Å². The Morgan fingerprint density at radius 1 is 1.33 bits per heavy atom. The maximum absolute atomic E-state index is 11.5. The van der Waals surface area contributed by atoms with Crippen LogP contribution in [0.2, 0.25) is 0 Å². The first-order chi connectivity index (χ1) is 8.40. The van der Waals surface area contributed by atoms with Gasteiger partial charge < -0.3 is 5.73 Å². The lowest BCUT2D eigenvalue weighted by Gasteiger charge is -2.47. The average Bonchev–Trinajstić information content (AvgIpc) is 2.71. The van der Waals surface area contributed by atoms with Crippen LogP contribution in [0.1, 0.15) is 13.3 Å². The van der Waals surface area contributed by atoms with Crippen LogP contribution in [0.4, 0.5) is 0 Å². The van der Waals surface area contributed by atoms with Gasteiger partial charge >= 0.3 is 0 Å². The fourth-order valence-corrected chi connectivity index (χ4v) is 5.37. The van der Waals surface area contributed by atoms with Gasteiger partial charge in [0.05, 0.1) is 6.26 Å². The summed E-state index contributed by atoms with van der Waals surface area (Å²) in [7, 11) is -3.04. The number of piperazine rings is 1. The molecule has 0 aliphatic carbocycles. The molecule has 2 unspecified atom stereocenters. The Balaban J connectivity index is 2.05. The van der Waals surface area contributed by atoms with Gasteiger partial charge in [0.15, 0.2) is 0 Å². The summed E-state index contributed by atoms with van der Waals surface area (Å²) in [6.45, 7) is 5.70. The molecule has 0 bridgehead atoms. The van der Waals surface area contributed by atoms with Crippen molar-refractivity contribution >= 4 is 21.8 Å². The molecule has 2 heterocycles. The Morgan fingerprint density at radius 2 is 1.94 bits per heavy atom. The van der Waals surface area contributed by atoms with Crippen LogP contribution in [-0.4, -0.2) is 73.1 Å². The van der Waals surface area contributed by atoms with E-state index < -0.39 is 10.0 Å². The Kier molecular flexibility index (Phi) is 4.28. The van der Waals surface area contributed by atoms with E-state index >= 15 is 0 Å². The third-order valence-corrected chi connectivity index (χ3v) is 7.03. The van der Waals surface area contributed by atoms with Gasteiger partial charge in [0, 0.05) is 43.5 Å². The maximum atomic E-state index is 11.5. The van der Waals surface area contributed by atoms with Crippen molar-refractivity contribution in [2.24, 2.45) is 5.73 Å². The molecule has 0 aromatic rings. The highest BCUT2D eigenvalue weighted by Gasteiger charge is 2.45. The van der Waals surface area contributed by atoms with Crippen molar-refractivity contribution in [2.75, 3.05) is 44.7 Å². The number of sulfonamides is 1. The highest BCUT2D eigenvalue weighted by molar-refractivity contribution is 8.00. The van der Waals surface area contributed by atoms with Crippen molar-refractivity contribution in [3.8, 4) is 0 Å². The first-order valence-electron chi connectivity index (χ1n) is 6.42. The predicted molar refractivity (Wildman–Crippen MR) is 76.3 cm³/mol. The predicted octanol–water partition coefficient (Wildman–Crippen LogP) is -0.213. The van der Waals surface area contributed by atoms with Crippen molar-refractivity contribution in [3.63, 3.8) is 0 Å². The highest BCUT2D eigenvalue weighted by atomic mass is 32.2. The molecule has 2 aliphatic rings. The van der Waals surface area contributed by atoms with Gasteiger partial charge in [-0.05, 0) is 12.2 Å². The Bertz CT molecular complexity index is 393. The summed E-state index contributed by atoms with van der Waals surface area (Å²) in [6.07, 6.45) is 2.41. The maximum Gasteiger partial charge on any atom is 0.211 e. The van der Waals surface area contributed by atoms with Crippen molar-refractivity contribution < 1.29 is 8.42 Å². The van der Waals surface area contributed by atoms with Gasteiger partial charge in [-0.25, -0.2) is 8.42 Å². The van der Waals surface area contributed by atoms with Gasteiger partial charge in [-0.1, -0.05) is 6.92 Å². The minimum Gasteiger partial charge on any atom is -0.329 e. The Labute approximate surface area is 114 Å². The molecule has 5 nitrogen and oxygen atoms in total. The van der Waals surface area contributed by atoms with Crippen LogP contribution in [-0.2, 0) is 10.0 Å². The first-order valence-corrected chi connectivity index (χ1v) is 9.32. The lowest BCUT2D eigenvalue weighted by molar-refractivity contribution is 0.0623. The third kappa shape index (κ3) is 2.56. The molecule has 2 rings (SSSR count). The SMILES string of the molecule is CC1SCCC1(CN)N1CCN(S(C)(=O)=O)CC1. The lowest BCUT2D eigenvalue weighted by atomic mass is 9.90. The summed E-state index contributed by atoms with van der Waals surface area (Å²) in [5, 5.41) is 0.535. The van der Waals surface area contributed by atoms with Crippen LogP contribution in [0.15, 0.2) is 0 Å². The zero-order chi connectivity index (χ0) is 13.4. The average molecular weight is 293 g/mol. The molecule has 0 aromatic carbocycles. The van der Waals surface area contributed by atoms with Crippen molar-refractivity contribution in [1.82, 2.24) is 9.21 Å². The summed E-state index contributed by atoms with van der Waals surface area (Å²) in [6, 6.07) is 0. The molecule has 0 spiro atoms. The smallest absolute Gasteiger partial charge is 0.211 e. The molecule has 106 valence electrons. The van der Waals surface area contributed by atoms with E-state index in [1.165, 1.54) is 6.26 Å². The topological polar surface area (TPSA) is 66.6 Å². The molecule has 0 amide bonds. The highest BCUT2D eigenvalue weighted by Crippen LogP contribution is 2.39. The van der Waals surface area contributed by atoms with E-state index in [2.05, 4.69) is 11.8 Å². The first kappa shape index (κ1) is 14.6. The van der Waals surface area contributed by atoms with Crippen LogP contribution in [0.25, 0.3) is 0 Å². The summed E-state index contributed by atoms with van der Waals surface area (Å²) >= 11 is 1.98. The van der Waals surface area contributed by atoms with Gasteiger partial charge in [-0.3, -0.25) is 4.90 Å². The standard InChI is InChI=1S/C11H23N3O2S2/c1-10-11(9-12,3-8-17-10)13-4-6-14(7-5-13)18(2,15)16/h10H,3-9,12H2,1-2H3. The third-order valence-electron chi connectivity index (χ3n) is 4.35. The van der Waals surface area contributed by atoms with E-state index in [4.69, 9.17) is 5.73 Å². The Hall–Kier alpha value is 0.180. The van der Waals surface area contributed by atoms with Crippen LogP contribution in [0.3, 0.4) is 0 Å². The molecule has 2 aliphatic heterocycles. The van der Waals surface area contributed by atoms with Crippen LogP contribution >= 0.6 is 11.8 Å². The number of rotatable bonds is 3. The summed E-state index contributed by atoms with van der Waals surface area (Å²) in [5.74, 6) is 1.16. The fourth-order valence-electron chi connectivity index (χ4n) is 3.05. The quantitative estimate of drug-likeness (QED) is 0.780. The van der Waals surface area contributed by atoms with Crippen molar-refractivity contribution in [1.29, 1.82) is 0 Å². The number of nitrogens with two attached hydrogens (primary N) is 1. The normalized spacial score (nSPS) is 36.1. The summed E-state index contributed by atoms with van der Waals surface area (Å²) in [4.78, 5) is 2.42. The molecule has 2 fully saturated rings. The van der Waals surface area contributed by atoms with Gasteiger partial charge in [0.1, 0.15) is 0 Å². The van der Waals surface area contributed by atoms with E-state index in [0.717, 1.165) is 25.3 Å². The summed E-state index contributed by atoms with van der Waals surface area (Å²) in [5.41, 5.74) is 6.10. The molecule has 0 saturated carbocycles. The Morgan fingerprint density at radius 3 is 2.33 bits per heavy atom. The van der Waals surface area contributed by atoms with Gasteiger partial charge in [0.2, 0.25) is 10.0 Å². The summed E-state index contributed by atoms with van der Waals surface area (Å²) < 4.78 is 24.6. The van der Waals surface area contributed by atoms with E-state index in [9.17, 15) is 8.42 Å². The second kappa shape index (κ2) is 5.28. The number of hydrogen-bond donors (Lipinski definition) is 1. The molecule has 2 saturated heterocycles. The lowest BCUT2D eigenvalue weighted by Crippen LogP contribution is -2.63. The second-order valence-electron chi connectivity index (χ2n) is 5.22. The molecular weight excluding hydrogens is 270 g/mol. The zero-order valence-corrected chi connectivity index (χ0v) is 12.8. The van der Waals surface area contributed by atoms with E-state index in [0.29, 0.717) is 24.9 Å².